The summed E-state index contributed by atoms with van der Waals surface area (Å²) < 4.78 is 30.9. The molecule has 9 heteroatoms. The van der Waals surface area contributed by atoms with Crippen molar-refractivity contribution in [3.05, 3.63) is 53.7 Å². The molecule has 1 aromatic carbocycles. The minimum absolute atomic E-state index is 0.136. The minimum atomic E-state index is -3.52. The Morgan fingerprint density at radius 2 is 1.93 bits per heavy atom. The highest BCUT2D eigenvalue weighted by Crippen LogP contribution is 2.20. The highest BCUT2D eigenvalue weighted by atomic mass is 32.2. The molecule has 0 atom stereocenters. The van der Waals surface area contributed by atoms with Crippen LogP contribution in [0.3, 0.4) is 0 Å². The van der Waals surface area contributed by atoms with Crippen LogP contribution in [0.2, 0.25) is 0 Å². The van der Waals surface area contributed by atoms with Crippen LogP contribution in [-0.4, -0.2) is 61.8 Å². The summed E-state index contributed by atoms with van der Waals surface area (Å²) in [6.45, 7) is 0.796. The van der Waals surface area contributed by atoms with Gasteiger partial charge in [0.1, 0.15) is 6.10 Å². The third-order valence-corrected chi connectivity index (χ3v) is 6.00. The summed E-state index contributed by atoms with van der Waals surface area (Å²) in [5.41, 5.74) is 0.871. The minimum Gasteiger partial charge on any atom is -0.471 e. The van der Waals surface area contributed by atoms with E-state index in [-0.39, 0.29) is 16.9 Å². The molecular formula is C18H18N4O4S. The van der Waals surface area contributed by atoms with Crippen LogP contribution in [0.4, 0.5) is 0 Å². The number of likely N-dealkylation sites (tertiary alicyclic amines) is 1. The van der Waals surface area contributed by atoms with Crippen molar-refractivity contribution in [1.82, 2.24) is 14.2 Å². The zero-order chi connectivity index (χ0) is 19.6. The summed E-state index contributed by atoms with van der Waals surface area (Å²) in [7, 11) is -0.613. The first kappa shape index (κ1) is 18.8. The molecule has 1 aromatic heterocycles. The average molecular weight is 386 g/mol. The Bertz CT molecular complexity index is 991. The van der Waals surface area contributed by atoms with E-state index in [9.17, 15) is 13.2 Å². The molecule has 1 fully saturated rings. The Labute approximate surface area is 157 Å². The van der Waals surface area contributed by atoms with Crippen LogP contribution >= 0.6 is 0 Å². The van der Waals surface area contributed by atoms with E-state index < -0.39 is 10.0 Å². The number of aromatic nitrogens is 1. The summed E-state index contributed by atoms with van der Waals surface area (Å²) in [4.78, 5) is 18.3. The smallest absolute Gasteiger partial charge is 0.254 e. The third-order valence-electron chi connectivity index (χ3n) is 4.17. The lowest BCUT2D eigenvalue weighted by atomic mass is 10.1. The molecule has 0 unspecified atom stereocenters. The second-order valence-electron chi connectivity index (χ2n) is 6.26. The number of rotatable bonds is 5. The van der Waals surface area contributed by atoms with Crippen molar-refractivity contribution in [3.8, 4) is 11.9 Å². The van der Waals surface area contributed by atoms with Gasteiger partial charge in [0.2, 0.25) is 15.9 Å². The van der Waals surface area contributed by atoms with Crippen LogP contribution in [0.15, 0.2) is 47.5 Å². The number of sulfonamides is 1. The van der Waals surface area contributed by atoms with Crippen LogP contribution in [0.25, 0.3) is 0 Å². The molecule has 0 bridgehead atoms. The van der Waals surface area contributed by atoms with Gasteiger partial charge in [0, 0.05) is 31.9 Å². The lowest BCUT2D eigenvalue weighted by molar-refractivity contribution is 0.0160. The molecule has 2 heterocycles. The van der Waals surface area contributed by atoms with E-state index in [4.69, 9.17) is 10.00 Å². The molecule has 0 aliphatic carbocycles. The van der Waals surface area contributed by atoms with E-state index >= 15 is 0 Å². The number of ether oxygens (including phenoxy) is 1. The molecule has 8 nitrogen and oxygen atoms in total. The normalized spacial score (nSPS) is 14.5. The second kappa shape index (κ2) is 7.34. The van der Waals surface area contributed by atoms with Crippen LogP contribution in [0, 0.1) is 11.3 Å². The van der Waals surface area contributed by atoms with Gasteiger partial charge in [-0.2, -0.15) is 5.26 Å². The fourth-order valence-electron chi connectivity index (χ4n) is 2.56. The molecule has 1 aliphatic heterocycles. The van der Waals surface area contributed by atoms with E-state index in [1.807, 2.05) is 6.07 Å². The number of pyridine rings is 1. The molecule has 27 heavy (non-hydrogen) atoms. The van der Waals surface area contributed by atoms with E-state index in [1.54, 1.807) is 17.0 Å². The highest BCUT2D eigenvalue weighted by Gasteiger charge is 2.33. The lowest BCUT2D eigenvalue weighted by Crippen LogP contribution is -2.56. The maximum absolute atomic E-state index is 12.5. The molecule has 0 N–H and O–H groups in total. The van der Waals surface area contributed by atoms with E-state index in [0.717, 1.165) is 4.31 Å². The quantitative estimate of drug-likeness (QED) is 0.762. The van der Waals surface area contributed by atoms with Crippen molar-refractivity contribution in [1.29, 1.82) is 5.26 Å². The van der Waals surface area contributed by atoms with Gasteiger partial charge < -0.3 is 9.64 Å². The number of nitriles is 1. The van der Waals surface area contributed by atoms with Crippen LogP contribution in [0.5, 0.6) is 5.88 Å². The Balaban J connectivity index is 1.59. The molecule has 1 aliphatic rings. The Kier molecular flexibility index (Phi) is 5.12. The molecule has 1 saturated heterocycles. The summed E-state index contributed by atoms with van der Waals surface area (Å²) in [5.74, 6) is 0.159. The number of hydrogen-bond acceptors (Lipinski definition) is 6. The van der Waals surface area contributed by atoms with E-state index in [0.29, 0.717) is 30.1 Å². The average Bonchev–Trinajstić information content (AvgIpc) is 2.64. The summed E-state index contributed by atoms with van der Waals surface area (Å²) >= 11 is 0. The highest BCUT2D eigenvalue weighted by molar-refractivity contribution is 7.89. The van der Waals surface area contributed by atoms with Crippen molar-refractivity contribution in [2.24, 2.45) is 0 Å². The van der Waals surface area contributed by atoms with Gasteiger partial charge in [0.15, 0.2) is 0 Å². The molecule has 2 aromatic rings. The van der Waals surface area contributed by atoms with Gasteiger partial charge in [-0.05, 0) is 30.3 Å². The van der Waals surface area contributed by atoms with Crippen LogP contribution in [-0.2, 0) is 10.0 Å². The van der Waals surface area contributed by atoms with Crippen LogP contribution < -0.4 is 4.74 Å². The van der Waals surface area contributed by atoms with Crippen molar-refractivity contribution in [2.45, 2.75) is 11.0 Å². The predicted molar refractivity (Wildman–Crippen MR) is 96.6 cm³/mol. The predicted octanol–water partition coefficient (Wildman–Crippen LogP) is 1.11. The molecule has 3 rings (SSSR count). The van der Waals surface area contributed by atoms with Crippen molar-refractivity contribution < 1.29 is 17.9 Å². The van der Waals surface area contributed by atoms with Crippen LogP contribution in [0.1, 0.15) is 15.9 Å². The molecule has 140 valence electrons. The van der Waals surface area contributed by atoms with Gasteiger partial charge >= 0.3 is 0 Å². The number of carbonyl (C=O) groups excluding carboxylic acids is 1. The van der Waals surface area contributed by atoms with E-state index in [1.165, 1.54) is 44.6 Å². The molecule has 0 saturated carbocycles. The fraction of sp³-hybridized carbons (Fsp3) is 0.278. The summed E-state index contributed by atoms with van der Waals surface area (Å²) in [6, 6.07) is 11.0. The zero-order valence-electron chi connectivity index (χ0n) is 14.9. The lowest BCUT2D eigenvalue weighted by Gasteiger charge is -2.38. The Morgan fingerprint density at radius 3 is 2.52 bits per heavy atom. The van der Waals surface area contributed by atoms with Crippen molar-refractivity contribution >= 4 is 15.9 Å². The molecule has 0 radical (unpaired) electrons. The standard InChI is InChI=1S/C18H18N4O4S/c1-21(2)27(24,25)16-5-3-14(4-6-16)18(23)22-11-15(12-22)26-17-9-13(10-19)7-8-20-17/h3-9,15H,11-12H2,1-2H3. The number of carbonyl (C=O) groups is 1. The van der Waals surface area contributed by atoms with Crippen molar-refractivity contribution in [2.75, 3.05) is 27.2 Å². The maximum atomic E-state index is 12.5. The number of nitrogens with zero attached hydrogens (tertiary/aromatic N) is 4. The SMILES string of the molecule is CN(C)S(=O)(=O)c1ccc(C(=O)N2CC(Oc3cc(C#N)ccn3)C2)cc1. The monoisotopic (exact) mass is 386 g/mol. The van der Waals surface area contributed by atoms with Gasteiger partial charge in [-0.15, -0.1) is 0 Å². The van der Waals surface area contributed by atoms with E-state index in [2.05, 4.69) is 4.98 Å². The van der Waals surface area contributed by atoms with Gasteiger partial charge in [0.25, 0.3) is 5.91 Å². The maximum Gasteiger partial charge on any atom is 0.254 e. The first-order valence-corrected chi connectivity index (χ1v) is 9.60. The largest absolute Gasteiger partial charge is 0.471 e. The Hall–Kier alpha value is -2.96. The number of benzene rings is 1. The van der Waals surface area contributed by atoms with Gasteiger partial charge in [-0.3, -0.25) is 4.79 Å². The molecule has 0 spiro atoms. The zero-order valence-corrected chi connectivity index (χ0v) is 15.7. The van der Waals surface area contributed by atoms with Gasteiger partial charge in [-0.1, -0.05) is 0 Å². The van der Waals surface area contributed by atoms with Crippen molar-refractivity contribution in [3.63, 3.8) is 0 Å². The topological polar surface area (TPSA) is 104 Å². The van der Waals surface area contributed by atoms with Gasteiger partial charge in [-0.25, -0.2) is 17.7 Å². The fourth-order valence-corrected chi connectivity index (χ4v) is 3.46. The second-order valence-corrected chi connectivity index (χ2v) is 8.41. The summed E-state index contributed by atoms with van der Waals surface area (Å²) in [6.07, 6.45) is 1.31. The first-order chi connectivity index (χ1) is 12.8. The number of hydrogen-bond donors (Lipinski definition) is 0. The first-order valence-electron chi connectivity index (χ1n) is 8.16. The number of amides is 1. The molecular weight excluding hydrogens is 368 g/mol. The van der Waals surface area contributed by atoms with Gasteiger partial charge in [0.05, 0.1) is 29.6 Å². The Morgan fingerprint density at radius 1 is 1.26 bits per heavy atom. The molecule has 1 amide bonds. The summed E-state index contributed by atoms with van der Waals surface area (Å²) in [5, 5.41) is 8.88. The third kappa shape index (κ3) is 3.92.